The van der Waals surface area contributed by atoms with Crippen LogP contribution in [0, 0.1) is 0 Å². The Balaban J connectivity index is 1.53. The van der Waals surface area contributed by atoms with Gasteiger partial charge in [0.05, 0.1) is 11.0 Å². The minimum absolute atomic E-state index is 0.0461. The molecule has 1 aromatic carbocycles. The van der Waals surface area contributed by atoms with E-state index in [2.05, 4.69) is 15.6 Å². The van der Waals surface area contributed by atoms with Gasteiger partial charge in [-0.25, -0.2) is 9.78 Å². The van der Waals surface area contributed by atoms with Crippen LogP contribution in [-0.4, -0.2) is 39.6 Å². The molecule has 156 valence electrons. The highest BCUT2D eigenvalue weighted by Gasteiger charge is 2.23. The van der Waals surface area contributed by atoms with Gasteiger partial charge in [0.1, 0.15) is 12.4 Å². The summed E-state index contributed by atoms with van der Waals surface area (Å²) in [5.74, 6) is -0.428. The number of esters is 1. The van der Waals surface area contributed by atoms with E-state index in [0.29, 0.717) is 6.42 Å². The monoisotopic (exact) mass is 400 g/mol. The standard InChI is InChI=1S/C21H28N4O4/c1-3-18-23-16-11-7-8-12-17(16)25(18)13-19(26)29-14(2)20(27)24-21(28)22-15-9-5-4-6-10-15/h7-8,11-12,14-15H,3-6,9-10,13H2,1-2H3,(H2,22,24,27,28). The van der Waals surface area contributed by atoms with Crippen molar-refractivity contribution < 1.29 is 19.1 Å². The lowest BCUT2D eigenvalue weighted by Crippen LogP contribution is -2.48. The lowest BCUT2D eigenvalue weighted by molar-refractivity contribution is -0.155. The molecular formula is C21H28N4O4. The van der Waals surface area contributed by atoms with Gasteiger partial charge < -0.3 is 14.6 Å². The molecule has 3 amide bonds. The molecule has 2 N–H and O–H groups in total. The maximum Gasteiger partial charge on any atom is 0.326 e. The molecule has 1 aromatic heterocycles. The van der Waals surface area contributed by atoms with E-state index in [4.69, 9.17) is 4.74 Å². The van der Waals surface area contributed by atoms with E-state index in [1.54, 1.807) is 4.57 Å². The number of benzene rings is 1. The van der Waals surface area contributed by atoms with Crippen molar-refractivity contribution in [2.24, 2.45) is 0 Å². The van der Waals surface area contributed by atoms with Crippen molar-refractivity contribution in [2.75, 3.05) is 0 Å². The van der Waals surface area contributed by atoms with Crippen molar-refractivity contribution in [3.05, 3.63) is 30.1 Å². The van der Waals surface area contributed by atoms with Gasteiger partial charge in [-0.3, -0.25) is 14.9 Å². The van der Waals surface area contributed by atoms with Crippen molar-refractivity contribution in [3.63, 3.8) is 0 Å². The number of carbonyl (C=O) groups excluding carboxylic acids is 3. The summed E-state index contributed by atoms with van der Waals surface area (Å²) in [4.78, 5) is 41.1. The van der Waals surface area contributed by atoms with Crippen LogP contribution in [0.25, 0.3) is 11.0 Å². The van der Waals surface area contributed by atoms with Crippen LogP contribution in [0.4, 0.5) is 4.79 Å². The van der Waals surface area contributed by atoms with Crippen LogP contribution >= 0.6 is 0 Å². The summed E-state index contributed by atoms with van der Waals surface area (Å²) in [6.45, 7) is 3.37. The number of rotatable bonds is 6. The van der Waals surface area contributed by atoms with Crippen LogP contribution in [0.3, 0.4) is 0 Å². The average molecular weight is 400 g/mol. The summed E-state index contributed by atoms with van der Waals surface area (Å²) in [5.41, 5.74) is 1.65. The summed E-state index contributed by atoms with van der Waals surface area (Å²) in [6.07, 6.45) is 4.78. The van der Waals surface area contributed by atoms with Crippen LogP contribution in [-0.2, 0) is 27.3 Å². The predicted octanol–water partition coefficient (Wildman–Crippen LogP) is 2.69. The third-order valence-corrected chi connectivity index (χ3v) is 5.19. The molecular weight excluding hydrogens is 372 g/mol. The highest BCUT2D eigenvalue weighted by molar-refractivity contribution is 5.97. The second-order valence-corrected chi connectivity index (χ2v) is 7.39. The van der Waals surface area contributed by atoms with E-state index in [9.17, 15) is 14.4 Å². The van der Waals surface area contributed by atoms with Crippen molar-refractivity contribution in [1.29, 1.82) is 0 Å². The van der Waals surface area contributed by atoms with Gasteiger partial charge in [0.15, 0.2) is 6.10 Å². The molecule has 0 radical (unpaired) electrons. The second-order valence-electron chi connectivity index (χ2n) is 7.39. The number of imide groups is 1. The maximum absolute atomic E-state index is 12.4. The summed E-state index contributed by atoms with van der Waals surface area (Å²) in [7, 11) is 0. The van der Waals surface area contributed by atoms with E-state index in [-0.39, 0.29) is 12.6 Å². The number of para-hydroxylation sites is 2. The van der Waals surface area contributed by atoms with Gasteiger partial charge in [-0.05, 0) is 31.9 Å². The quantitative estimate of drug-likeness (QED) is 0.726. The molecule has 8 heteroatoms. The Morgan fingerprint density at radius 1 is 1.21 bits per heavy atom. The van der Waals surface area contributed by atoms with Gasteiger partial charge >= 0.3 is 12.0 Å². The lowest BCUT2D eigenvalue weighted by Gasteiger charge is -2.23. The summed E-state index contributed by atoms with van der Waals surface area (Å²) in [5, 5.41) is 5.06. The highest BCUT2D eigenvalue weighted by Crippen LogP contribution is 2.18. The third-order valence-electron chi connectivity index (χ3n) is 5.19. The Hall–Kier alpha value is -2.90. The molecule has 0 spiro atoms. The Morgan fingerprint density at radius 3 is 2.66 bits per heavy atom. The van der Waals surface area contributed by atoms with Crippen molar-refractivity contribution in [3.8, 4) is 0 Å². The molecule has 2 aromatic rings. The van der Waals surface area contributed by atoms with E-state index >= 15 is 0 Å². The zero-order valence-electron chi connectivity index (χ0n) is 16.9. The zero-order chi connectivity index (χ0) is 20.8. The number of amides is 3. The van der Waals surface area contributed by atoms with E-state index in [0.717, 1.165) is 42.5 Å². The second kappa shape index (κ2) is 9.54. The zero-order valence-corrected chi connectivity index (χ0v) is 16.9. The average Bonchev–Trinajstić information content (AvgIpc) is 3.06. The minimum Gasteiger partial charge on any atom is -0.451 e. The van der Waals surface area contributed by atoms with Crippen LogP contribution < -0.4 is 10.6 Å². The number of nitrogens with one attached hydrogen (secondary N) is 2. The fourth-order valence-corrected chi connectivity index (χ4v) is 3.67. The highest BCUT2D eigenvalue weighted by atomic mass is 16.5. The van der Waals surface area contributed by atoms with Crippen LogP contribution in [0.1, 0.15) is 51.8 Å². The molecule has 29 heavy (non-hydrogen) atoms. The summed E-state index contributed by atoms with van der Waals surface area (Å²) in [6, 6.07) is 7.10. The van der Waals surface area contributed by atoms with Gasteiger partial charge in [0.2, 0.25) is 0 Å². The molecule has 1 aliphatic carbocycles. The van der Waals surface area contributed by atoms with Crippen molar-refractivity contribution in [1.82, 2.24) is 20.2 Å². The molecule has 0 saturated heterocycles. The number of fused-ring (bicyclic) bond motifs is 1. The van der Waals surface area contributed by atoms with Crippen LogP contribution in [0.15, 0.2) is 24.3 Å². The molecule has 3 rings (SSSR count). The van der Waals surface area contributed by atoms with Crippen LogP contribution in [0.5, 0.6) is 0 Å². The topological polar surface area (TPSA) is 102 Å². The first-order valence-corrected chi connectivity index (χ1v) is 10.2. The Kier molecular flexibility index (Phi) is 6.85. The number of aromatic nitrogens is 2. The fraction of sp³-hybridized carbons (Fsp3) is 0.524. The number of imidazole rings is 1. The molecule has 1 fully saturated rings. The number of nitrogens with zero attached hydrogens (tertiary/aromatic N) is 2. The predicted molar refractivity (Wildman–Crippen MR) is 108 cm³/mol. The molecule has 1 unspecified atom stereocenters. The van der Waals surface area contributed by atoms with E-state index < -0.39 is 24.0 Å². The Bertz CT molecular complexity index is 886. The Morgan fingerprint density at radius 2 is 1.93 bits per heavy atom. The van der Waals surface area contributed by atoms with Gasteiger partial charge in [-0.2, -0.15) is 0 Å². The molecule has 0 bridgehead atoms. The minimum atomic E-state index is -1.07. The largest absolute Gasteiger partial charge is 0.451 e. The number of aryl methyl sites for hydroxylation is 1. The first-order valence-electron chi connectivity index (χ1n) is 10.2. The number of urea groups is 1. The van der Waals surface area contributed by atoms with Gasteiger partial charge in [-0.1, -0.05) is 38.3 Å². The van der Waals surface area contributed by atoms with Crippen molar-refractivity contribution in [2.45, 2.75) is 71.1 Å². The summed E-state index contributed by atoms with van der Waals surface area (Å²) >= 11 is 0. The molecule has 1 saturated carbocycles. The molecule has 8 nitrogen and oxygen atoms in total. The number of hydrogen-bond donors (Lipinski definition) is 2. The van der Waals surface area contributed by atoms with Crippen LogP contribution in [0.2, 0.25) is 0 Å². The van der Waals surface area contributed by atoms with E-state index in [1.165, 1.54) is 13.3 Å². The third kappa shape index (κ3) is 5.34. The SMILES string of the molecule is CCc1nc2ccccc2n1CC(=O)OC(C)C(=O)NC(=O)NC1CCCCC1. The smallest absolute Gasteiger partial charge is 0.326 e. The fourth-order valence-electron chi connectivity index (χ4n) is 3.67. The number of ether oxygens (including phenoxy) is 1. The van der Waals surface area contributed by atoms with Gasteiger partial charge in [0.25, 0.3) is 5.91 Å². The molecule has 1 heterocycles. The number of carbonyl (C=O) groups is 3. The summed E-state index contributed by atoms with van der Waals surface area (Å²) < 4.78 is 7.03. The van der Waals surface area contributed by atoms with E-state index in [1.807, 2.05) is 31.2 Å². The first kappa shape index (κ1) is 20.8. The normalized spacial score (nSPS) is 15.7. The van der Waals surface area contributed by atoms with Crippen molar-refractivity contribution >= 4 is 28.9 Å². The maximum atomic E-state index is 12.4. The molecule has 0 aliphatic heterocycles. The van der Waals surface area contributed by atoms with Gasteiger partial charge in [0, 0.05) is 12.5 Å². The number of hydrogen-bond acceptors (Lipinski definition) is 5. The van der Waals surface area contributed by atoms with Gasteiger partial charge in [-0.15, -0.1) is 0 Å². The first-order chi connectivity index (χ1) is 14.0. The molecule has 1 aliphatic rings. The molecule has 1 atom stereocenters. The Labute approximate surface area is 170 Å². The lowest BCUT2D eigenvalue weighted by atomic mass is 9.96.